The molecule has 1 fully saturated rings. The lowest BCUT2D eigenvalue weighted by Crippen LogP contribution is -2.03. The van der Waals surface area contributed by atoms with Crippen LogP contribution in [0.4, 0.5) is 0 Å². The maximum Gasteiger partial charge on any atom is 0.337 e. The molecule has 4 heteroatoms. The second kappa shape index (κ2) is 4.22. The summed E-state index contributed by atoms with van der Waals surface area (Å²) in [6, 6.07) is 5.34. The van der Waals surface area contributed by atoms with Gasteiger partial charge in [-0.3, -0.25) is 9.97 Å². The van der Waals surface area contributed by atoms with Gasteiger partial charge < -0.3 is 5.11 Å². The maximum atomic E-state index is 11.3. The third-order valence-electron chi connectivity index (χ3n) is 3.12. The van der Waals surface area contributed by atoms with Gasteiger partial charge in [-0.2, -0.15) is 0 Å². The molecule has 0 radical (unpaired) electrons. The van der Waals surface area contributed by atoms with Gasteiger partial charge in [-0.25, -0.2) is 4.79 Å². The number of hydrogen-bond acceptors (Lipinski definition) is 3. The Hall–Kier alpha value is -2.23. The van der Waals surface area contributed by atoms with Gasteiger partial charge >= 0.3 is 5.97 Å². The number of carbonyl (C=O) groups is 1. The van der Waals surface area contributed by atoms with E-state index in [0.29, 0.717) is 11.6 Å². The summed E-state index contributed by atoms with van der Waals surface area (Å²) < 4.78 is 0. The van der Waals surface area contributed by atoms with E-state index in [-0.39, 0.29) is 5.56 Å². The van der Waals surface area contributed by atoms with Gasteiger partial charge in [0.15, 0.2) is 0 Å². The number of pyridine rings is 2. The normalized spacial score (nSPS) is 14.4. The lowest BCUT2D eigenvalue weighted by atomic mass is 10.0. The monoisotopic (exact) mass is 240 g/mol. The second-order valence-electron chi connectivity index (χ2n) is 4.49. The summed E-state index contributed by atoms with van der Waals surface area (Å²) in [5.41, 5.74) is 2.50. The maximum absolute atomic E-state index is 11.3. The smallest absolute Gasteiger partial charge is 0.337 e. The average Bonchev–Trinajstić information content (AvgIpc) is 3.23. The molecule has 2 heterocycles. The molecule has 90 valence electrons. The third kappa shape index (κ3) is 1.97. The number of hydrogen-bond donors (Lipinski definition) is 1. The summed E-state index contributed by atoms with van der Waals surface area (Å²) in [6.07, 6.45) is 7.33. The van der Waals surface area contributed by atoms with Crippen LogP contribution in [0.3, 0.4) is 0 Å². The molecule has 0 bridgehead atoms. The SMILES string of the molecule is O=C(O)c1cc(C2CC2)cnc1-c1cccnc1. The first kappa shape index (κ1) is 10.9. The molecule has 0 atom stereocenters. The molecule has 4 nitrogen and oxygen atoms in total. The summed E-state index contributed by atoms with van der Waals surface area (Å²) in [5, 5.41) is 9.29. The molecule has 0 amide bonds. The molecule has 0 aliphatic heterocycles. The van der Waals surface area contributed by atoms with E-state index >= 15 is 0 Å². The van der Waals surface area contributed by atoms with Gasteiger partial charge in [-0.15, -0.1) is 0 Å². The first-order valence-corrected chi connectivity index (χ1v) is 5.89. The van der Waals surface area contributed by atoms with Crippen molar-refractivity contribution in [2.24, 2.45) is 0 Å². The molecule has 1 saturated carbocycles. The minimum Gasteiger partial charge on any atom is -0.478 e. The molecule has 1 N–H and O–H groups in total. The standard InChI is InChI=1S/C14H12N2O2/c17-14(18)12-6-11(9-3-4-9)8-16-13(12)10-2-1-5-15-7-10/h1-2,5-9H,3-4H2,(H,17,18). The quantitative estimate of drug-likeness (QED) is 0.895. The Morgan fingerprint density at radius 1 is 1.33 bits per heavy atom. The van der Waals surface area contributed by atoms with E-state index in [1.165, 1.54) is 0 Å². The minimum absolute atomic E-state index is 0.257. The molecule has 0 saturated heterocycles. The summed E-state index contributed by atoms with van der Waals surface area (Å²) >= 11 is 0. The van der Waals surface area contributed by atoms with E-state index in [1.807, 2.05) is 6.07 Å². The van der Waals surface area contributed by atoms with Gasteiger partial charge in [0, 0.05) is 24.2 Å². The molecular weight excluding hydrogens is 228 g/mol. The van der Waals surface area contributed by atoms with Crippen LogP contribution in [0.15, 0.2) is 36.8 Å². The first-order valence-electron chi connectivity index (χ1n) is 5.89. The molecule has 1 aliphatic rings. The Labute approximate surface area is 104 Å². The second-order valence-corrected chi connectivity index (χ2v) is 4.49. The van der Waals surface area contributed by atoms with Crippen LogP contribution in [0, 0.1) is 0 Å². The van der Waals surface area contributed by atoms with Crippen LogP contribution in [0.5, 0.6) is 0 Å². The number of carboxylic acid groups (broad SMARTS) is 1. The Kier molecular flexibility index (Phi) is 2.55. The van der Waals surface area contributed by atoms with Gasteiger partial charge in [-0.05, 0) is 42.5 Å². The Balaban J connectivity index is 2.11. The van der Waals surface area contributed by atoms with Crippen molar-refractivity contribution >= 4 is 5.97 Å². The van der Waals surface area contributed by atoms with E-state index in [0.717, 1.165) is 24.0 Å². The number of aromatic carboxylic acids is 1. The van der Waals surface area contributed by atoms with Crippen molar-refractivity contribution in [2.45, 2.75) is 18.8 Å². The number of rotatable bonds is 3. The first-order chi connectivity index (χ1) is 8.75. The summed E-state index contributed by atoms with van der Waals surface area (Å²) in [6.45, 7) is 0. The van der Waals surface area contributed by atoms with Crippen molar-refractivity contribution in [3.8, 4) is 11.3 Å². The molecule has 2 aromatic heterocycles. The zero-order valence-corrected chi connectivity index (χ0v) is 9.71. The van der Waals surface area contributed by atoms with Gasteiger partial charge in [0.05, 0.1) is 11.3 Å². The average molecular weight is 240 g/mol. The van der Waals surface area contributed by atoms with E-state index in [4.69, 9.17) is 0 Å². The fourth-order valence-corrected chi connectivity index (χ4v) is 2.02. The number of nitrogens with zero attached hydrogens (tertiary/aromatic N) is 2. The Morgan fingerprint density at radius 2 is 2.17 bits per heavy atom. The van der Waals surface area contributed by atoms with E-state index in [1.54, 1.807) is 30.7 Å². The van der Waals surface area contributed by atoms with Crippen molar-refractivity contribution in [3.63, 3.8) is 0 Å². The van der Waals surface area contributed by atoms with Crippen LogP contribution in [0.1, 0.15) is 34.7 Å². The van der Waals surface area contributed by atoms with Crippen LogP contribution in [0.25, 0.3) is 11.3 Å². The van der Waals surface area contributed by atoms with Gasteiger partial charge in [-0.1, -0.05) is 0 Å². The minimum atomic E-state index is -0.941. The molecular formula is C14H12N2O2. The fourth-order valence-electron chi connectivity index (χ4n) is 2.02. The highest BCUT2D eigenvalue weighted by Gasteiger charge is 2.26. The summed E-state index contributed by atoms with van der Waals surface area (Å²) in [7, 11) is 0. The summed E-state index contributed by atoms with van der Waals surface area (Å²) in [4.78, 5) is 19.6. The highest BCUT2D eigenvalue weighted by molar-refractivity contribution is 5.94. The molecule has 2 aromatic rings. The van der Waals surface area contributed by atoms with Gasteiger partial charge in [0.1, 0.15) is 0 Å². The van der Waals surface area contributed by atoms with Crippen molar-refractivity contribution < 1.29 is 9.90 Å². The van der Waals surface area contributed by atoms with Crippen LogP contribution in [-0.4, -0.2) is 21.0 Å². The van der Waals surface area contributed by atoms with Crippen LogP contribution in [0.2, 0.25) is 0 Å². The van der Waals surface area contributed by atoms with Crippen molar-refractivity contribution in [1.82, 2.24) is 9.97 Å². The zero-order chi connectivity index (χ0) is 12.5. The van der Waals surface area contributed by atoms with Crippen molar-refractivity contribution in [3.05, 3.63) is 47.9 Å². The predicted octanol–water partition coefficient (Wildman–Crippen LogP) is 2.72. The Morgan fingerprint density at radius 3 is 2.78 bits per heavy atom. The third-order valence-corrected chi connectivity index (χ3v) is 3.12. The Bertz CT molecular complexity index is 592. The van der Waals surface area contributed by atoms with E-state index in [2.05, 4.69) is 9.97 Å². The van der Waals surface area contributed by atoms with Gasteiger partial charge in [0.25, 0.3) is 0 Å². The molecule has 0 spiro atoms. The fraction of sp³-hybridized carbons (Fsp3) is 0.214. The predicted molar refractivity (Wildman–Crippen MR) is 66.4 cm³/mol. The highest BCUT2D eigenvalue weighted by Crippen LogP contribution is 2.40. The van der Waals surface area contributed by atoms with Crippen molar-refractivity contribution in [2.75, 3.05) is 0 Å². The summed E-state index contributed by atoms with van der Waals surface area (Å²) in [5.74, 6) is -0.442. The van der Waals surface area contributed by atoms with Crippen LogP contribution >= 0.6 is 0 Å². The highest BCUT2D eigenvalue weighted by atomic mass is 16.4. The molecule has 0 unspecified atom stereocenters. The molecule has 3 rings (SSSR count). The lowest BCUT2D eigenvalue weighted by molar-refractivity contribution is 0.0697. The number of aromatic nitrogens is 2. The lowest BCUT2D eigenvalue weighted by Gasteiger charge is -2.07. The van der Waals surface area contributed by atoms with Gasteiger partial charge in [0.2, 0.25) is 0 Å². The zero-order valence-electron chi connectivity index (χ0n) is 9.71. The van der Waals surface area contributed by atoms with Crippen LogP contribution < -0.4 is 0 Å². The molecule has 18 heavy (non-hydrogen) atoms. The largest absolute Gasteiger partial charge is 0.478 e. The van der Waals surface area contributed by atoms with Crippen molar-refractivity contribution in [1.29, 1.82) is 0 Å². The molecule has 0 aromatic carbocycles. The van der Waals surface area contributed by atoms with E-state index in [9.17, 15) is 9.90 Å². The van der Waals surface area contributed by atoms with Crippen LogP contribution in [-0.2, 0) is 0 Å². The molecule has 1 aliphatic carbocycles. The topological polar surface area (TPSA) is 63.1 Å². The van der Waals surface area contributed by atoms with E-state index < -0.39 is 5.97 Å². The number of carboxylic acids is 1.